The van der Waals surface area contributed by atoms with Crippen LogP contribution in [0.1, 0.15) is 36.9 Å². The Morgan fingerprint density at radius 1 is 1.21 bits per heavy atom. The molecule has 0 heterocycles. The number of hydrogen-bond acceptors (Lipinski definition) is 3. The molecule has 1 aromatic carbocycles. The van der Waals surface area contributed by atoms with E-state index in [9.17, 15) is 9.59 Å². The van der Waals surface area contributed by atoms with Crippen LogP contribution in [0.2, 0.25) is 0 Å². The first kappa shape index (κ1) is 18.5. The third-order valence-electron chi connectivity index (χ3n) is 4.68. The number of rotatable bonds is 8. The summed E-state index contributed by atoms with van der Waals surface area (Å²) in [7, 11) is 4.02. The van der Waals surface area contributed by atoms with Gasteiger partial charge in [0.25, 0.3) is 0 Å². The van der Waals surface area contributed by atoms with Gasteiger partial charge < -0.3 is 15.5 Å². The molecular weight excluding hydrogens is 302 g/mol. The lowest BCUT2D eigenvalue weighted by molar-refractivity contribution is -0.123. The number of nitrogens with one attached hydrogen (secondary N) is 2. The van der Waals surface area contributed by atoms with Crippen molar-refractivity contribution < 1.29 is 9.59 Å². The minimum Gasteiger partial charge on any atom is -0.355 e. The van der Waals surface area contributed by atoms with E-state index >= 15 is 0 Å². The molecule has 5 nitrogen and oxygen atoms in total. The fraction of sp³-hybridized carbons (Fsp3) is 0.579. The van der Waals surface area contributed by atoms with E-state index in [1.54, 1.807) is 0 Å². The lowest BCUT2D eigenvalue weighted by Gasteiger charge is -2.25. The van der Waals surface area contributed by atoms with Crippen molar-refractivity contribution in [3.63, 3.8) is 0 Å². The first-order valence-corrected chi connectivity index (χ1v) is 8.66. The molecule has 0 bridgehead atoms. The Bertz CT molecular complexity index is 568. The van der Waals surface area contributed by atoms with E-state index in [-0.39, 0.29) is 23.8 Å². The zero-order valence-electron chi connectivity index (χ0n) is 15.1. The third kappa shape index (κ3) is 5.34. The van der Waals surface area contributed by atoms with Crippen LogP contribution >= 0.6 is 0 Å². The van der Waals surface area contributed by atoms with Gasteiger partial charge in [-0.2, -0.15) is 0 Å². The minimum absolute atomic E-state index is 0.0295. The molecule has 0 radical (unpaired) electrons. The maximum absolute atomic E-state index is 12.0. The van der Waals surface area contributed by atoms with E-state index in [0.29, 0.717) is 25.4 Å². The Morgan fingerprint density at radius 2 is 1.83 bits per heavy atom. The zero-order valence-corrected chi connectivity index (χ0v) is 15.1. The molecule has 1 fully saturated rings. The molecule has 0 aromatic heterocycles. The van der Waals surface area contributed by atoms with Gasteiger partial charge >= 0.3 is 0 Å². The van der Waals surface area contributed by atoms with Crippen LogP contribution in [0.4, 0.5) is 0 Å². The van der Waals surface area contributed by atoms with Crippen molar-refractivity contribution in [3.05, 3.63) is 35.4 Å². The van der Waals surface area contributed by atoms with Gasteiger partial charge in [0.05, 0.1) is 6.04 Å². The quantitative estimate of drug-likeness (QED) is 0.764. The van der Waals surface area contributed by atoms with Gasteiger partial charge in [-0.1, -0.05) is 36.8 Å². The summed E-state index contributed by atoms with van der Waals surface area (Å²) >= 11 is 0. The predicted octanol–water partition coefficient (Wildman–Crippen LogP) is 1.88. The number of aryl methyl sites for hydroxylation is 1. The summed E-state index contributed by atoms with van der Waals surface area (Å²) in [6.45, 7) is 5.10. The van der Waals surface area contributed by atoms with Gasteiger partial charge in [0, 0.05) is 25.4 Å². The molecule has 3 unspecified atom stereocenters. The normalized spacial score (nSPS) is 20.5. The molecule has 0 aliphatic heterocycles. The van der Waals surface area contributed by atoms with Gasteiger partial charge in [-0.05, 0) is 38.9 Å². The van der Waals surface area contributed by atoms with Gasteiger partial charge in [0.1, 0.15) is 0 Å². The van der Waals surface area contributed by atoms with E-state index < -0.39 is 0 Å². The van der Waals surface area contributed by atoms with Crippen molar-refractivity contribution >= 4 is 11.8 Å². The second kappa shape index (κ2) is 8.29. The van der Waals surface area contributed by atoms with Crippen molar-refractivity contribution in [1.82, 2.24) is 15.5 Å². The van der Waals surface area contributed by atoms with Gasteiger partial charge in [-0.15, -0.1) is 0 Å². The van der Waals surface area contributed by atoms with E-state index in [4.69, 9.17) is 0 Å². The van der Waals surface area contributed by atoms with E-state index in [1.165, 1.54) is 11.1 Å². The Labute approximate surface area is 144 Å². The van der Waals surface area contributed by atoms with Crippen LogP contribution in [0.25, 0.3) is 0 Å². The molecule has 1 saturated carbocycles. The molecule has 24 heavy (non-hydrogen) atoms. The SMILES string of the molecule is Cc1ccc(C(CNC(=O)CCNC(=O)C2CC2C)N(C)C)cc1. The number of carbonyl (C=O) groups is 2. The van der Waals surface area contributed by atoms with Crippen LogP contribution in [0.15, 0.2) is 24.3 Å². The Kier molecular flexibility index (Phi) is 6.37. The highest BCUT2D eigenvalue weighted by Gasteiger charge is 2.38. The van der Waals surface area contributed by atoms with Gasteiger partial charge in [0.15, 0.2) is 0 Å². The molecular formula is C19H29N3O2. The summed E-state index contributed by atoms with van der Waals surface area (Å²) in [5.74, 6) is 0.709. The highest BCUT2D eigenvalue weighted by atomic mass is 16.2. The number of carbonyl (C=O) groups excluding carboxylic acids is 2. The average molecular weight is 331 g/mol. The molecule has 2 rings (SSSR count). The Morgan fingerprint density at radius 3 is 2.38 bits per heavy atom. The summed E-state index contributed by atoms with van der Waals surface area (Å²) in [6, 6.07) is 8.51. The third-order valence-corrected chi connectivity index (χ3v) is 4.68. The molecule has 2 N–H and O–H groups in total. The molecule has 2 amide bonds. The van der Waals surface area contributed by atoms with Crippen LogP contribution < -0.4 is 10.6 Å². The van der Waals surface area contributed by atoms with Gasteiger partial charge in [-0.3, -0.25) is 9.59 Å². The topological polar surface area (TPSA) is 61.4 Å². The smallest absolute Gasteiger partial charge is 0.223 e. The second-order valence-corrected chi connectivity index (χ2v) is 7.05. The van der Waals surface area contributed by atoms with Crippen LogP contribution in [0.5, 0.6) is 0 Å². The number of hydrogen-bond donors (Lipinski definition) is 2. The monoisotopic (exact) mass is 331 g/mol. The van der Waals surface area contributed by atoms with Crippen LogP contribution in [0.3, 0.4) is 0 Å². The Balaban J connectivity index is 1.74. The summed E-state index contributed by atoms with van der Waals surface area (Å²) in [4.78, 5) is 25.8. The number of likely N-dealkylation sites (N-methyl/N-ethyl adjacent to an activating group) is 1. The fourth-order valence-electron chi connectivity index (χ4n) is 2.80. The van der Waals surface area contributed by atoms with Crippen LogP contribution in [-0.2, 0) is 9.59 Å². The number of amides is 2. The van der Waals surface area contributed by atoms with E-state index in [2.05, 4.69) is 53.6 Å². The molecule has 0 saturated heterocycles. The standard InChI is InChI=1S/C19H29N3O2/c1-13-5-7-15(8-6-13)17(22(3)4)12-21-18(23)9-10-20-19(24)16-11-14(16)2/h5-8,14,16-17H,9-12H2,1-4H3,(H,20,24)(H,21,23). The molecule has 132 valence electrons. The lowest BCUT2D eigenvalue weighted by atomic mass is 10.0. The van der Waals surface area contributed by atoms with Crippen molar-refractivity contribution in [2.24, 2.45) is 11.8 Å². The first-order valence-electron chi connectivity index (χ1n) is 8.66. The maximum atomic E-state index is 12.0. The van der Waals surface area contributed by atoms with Crippen molar-refractivity contribution in [1.29, 1.82) is 0 Å². The van der Waals surface area contributed by atoms with E-state index in [0.717, 1.165) is 6.42 Å². The average Bonchev–Trinajstić information content (AvgIpc) is 3.26. The second-order valence-electron chi connectivity index (χ2n) is 7.05. The zero-order chi connectivity index (χ0) is 17.7. The summed E-state index contributed by atoms with van der Waals surface area (Å²) in [5.41, 5.74) is 2.41. The maximum Gasteiger partial charge on any atom is 0.223 e. The molecule has 1 aliphatic rings. The van der Waals surface area contributed by atoms with Crippen LogP contribution in [0, 0.1) is 18.8 Å². The van der Waals surface area contributed by atoms with E-state index in [1.807, 2.05) is 14.1 Å². The molecule has 5 heteroatoms. The largest absolute Gasteiger partial charge is 0.355 e. The van der Waals surface area contributed by atoms with Crippen molar-refractivity contribution in [3.8, 4) is 0 Å². The molecule has 3 atom stereocenters. The molecule has 0 spiro atoms. The fourth-order valence-corrected chi connectivity index (χ4v) is 2.80. The lowest BCUT2D eigenvalue weighted by Crippen LogP contribution is -2.36. The highest BCUT2D eigenvalue weighted by molar-refractivity contribution is 5.82. The summed E-state index contributed by atoms with van der Waals surface area (Å²) in [6.07, 6.45) is 1.29. The Hall–Kier alpha value is -1.88. The predicted molar refractivity (Wildman–Crippen MR) is 95.5 cm³/mol. The molecule has 1 aliphatic carbocycles. The van der Waals surface area contributed by atoms with Crippen LogP contribution in [-0.4, -0.2) is 43.9 Å². The van der Waals surface area contributed by atoms with Gasteiger partial charge in [-0.25, -0.2) is 0 Å². The highest BCUT2D eigenvalue weighted by Crippen LogP contribution is 2.37. The van der Waals surface area contributed by atoms with Crippen molar-refractivity contribution in [2.45, 2.75) is 32.7 Å². The molecule has 1 aromatic rings. The first-order chi connectivity index (χ1) is 11.4. The summed E-state index contributed by atoms with van der Waals surface area (Å²) in [5, 5.41) is 5.82. The van der Waals surface area contributed by atoms with Gasteiger partial charge in [0.2, 0.25) is 11.8 Å². The minimum atomic E-state index is -0.0295. The summed E-state index contributed by atoms with van der Waals surface area (Å²) < 4.78 is 0. The number of benzene rings is 1. The number of nitrogens with zero attached hydrogens (tertiary/aromatic N) is 1. The van der Waals surface area contributed by atoms with Crippen molar-refractivity contribution in [2.75, 3.05) is 27.2 Å².